The molecule has 94 valence electrons. The van der Waals surface area contributed by atoms with E-state index in [9.17, 15) is 14.9 Å². The van der Waals surface area contributed by atoms with Crippen molar-refractivity contribution in [2.75, 3.05) is 12.4 Å². The molecule has 0 aliphatic carbocycles. The first-order valence-electron chi connectivity index (χ1n) is 5.21. The fraction of sp³-hybridized carbons (Fsp3) is 0.182. The van der Waals surface area contributed by atoms with E-state index in [0.717, 1.165) is 16.9 Å². The largest absolute Gasteiger partial charge is 0.383 e. The Labute approximate surface area is 107 Å². The van der Waals surface area contributed by atoms with Gasteiger partial charge in [-0.05, 0) is 11.6 Å². The number of aromatic nitrogens is 1. The van der Waals surface area contributed by atoms with Gasteiger partial charge in [0.25, 0.3) is 5.69 Å². The molecule has 2 aromatic rings. The van der Waals surface area contributed by atoms with Crippen LogP contribution in [0.3, 0.4) is 0 Å². The summed E-state index contributed by atoms with van der Waals surface area (Å²) in [6.45, 7) is 0.340. The van der Waals surface area contributed by atoms with Crippen LogP contribution in [0.25, 0.3) is 0 Å². The molecular formula is C11H11N3O3S. The van der Waals surface area contributed by atoms with Crippen molar-refractivity contribution in [3.8, 4) is 0 Å². The Hall–Kier alpha value is -2.15. The lowest BCUT2D eigenvalue weighted by Gasteiger charge is -2.05. The SMILES string of the molecule is CNc1ccc(Cn2ccsc2=O)cc1[N+](=O)[O-]. The Morgan fingerprint density at radius 1 is 1.50 bits per heavy atom. The first kappa shape index (κ1) is 12.3. The van der Waals surface area contributed by atoms with E-state index < -0.39 is 4.92 Å². The number of hydrogen-bond acceptors (Lipinski definition) is 5. The molecule has 1 N–H and O–H groups in total. The Kier molecular flexibility index (Phi) is 3.42. The molecular weight excluding hydrogens is 254 g/mol. The Balaban J connectivity index is 2.36. The summed E-state index contributed by atoms with van der Waals surface area (Å²) >= 11 is 1.10. The standard InChI is InChI=1S/C11H11N3O3S/c1-12-9-3-2-8(6-10(9)14(16)17)7-13-4-5-18-11(13)15/h2-6,12H,7H2,1H3. The van der Waals surface area contributed by atoms with E-state index in [1.165, 1.54) is 10.6 Å². The number of nitrogens with one attached hydrogen (secondary N) is 1. The lowest BCUT2D eigenvalue weighted by molar-refractivity contribution is -0.384. The minimum atomic E-state index is -0.439. The summed E-state index contributed by atoms with van der Waals surface area (Å²) in [6, 6.07) is 4.89. The van der Waals surface area contributed by atoms with Crippen molar-refractivity contribution in [2.45, 2.75) is 6.54 Å². The van der Waals surface area contributed by atoms with Crippen molar-refractivity contribution in [3.63, 3.8) is 0 Å². The van der Waals surface area contributed by atoms with Crippen LogP contribution in [0, 0.1) is 10.1 Å². The van der Waals surface area contributed by atoms with Gasteiger partial charge in [-0.25, -0.2) is 0 Å². The van der Waals surface area contributed by atoms with Gasteiger partial charge in [-0.1, -0.05) is 17.4 Å². The summed E-state index contributed by atoms with van der Waals surface area (Å²) in [7, 11) is 1.63. The fourth-order valence-electron chi connectivity index (χ4n) is 1.64. The number of thiazole rings is 1. The predicted molar refractivity (Wildman–Crippen MR) is 70.3 cm³/mol. The zero-order valence-corrected chi connectivity index (χ0v) is 10.4. The second-order valence-electron chi connectivity index (χ2n) is 3.66. The summed E-state index contributed by atoms with van der Waals surface area (Å²) < 4.78 is 1.52. The Morgan fingerprint density at radius 3 is 2.83 bits per heavy atom. The van der Waals surface area contributed by atoms with Gasteiger partial charge in [-0.2, -0.15) is 0 Å². The van der Waals surface area contributed by atoms with Crippen molar-refractivity contribution in [1.29, 1.82) is 0 Å². The van der Waals surface area contributed by atoms with E-state index in [4.69, 9.17) is 0 Å². The van der Waals surface area contributed by atoms with Gasteiger partial charge in [0, 0.05) is 24.7 Å². The van der Waals surface area contributed by atoms with Crippen molar-refractivity contribution in [3.05, 3.63) is 55.1 Å². The Bertz CT molecular complexity index is 632. The maximum absolute atomic E-state index is 11.4. The van der Waals surface area contributed by atoms with Crippen molar-refractivity contribution < 1.29 is 4.92 Å². The molecule has 0 saturated heterocycles. The van der Waals surface area contributed by atoms with Crippen LogP contribution >= 0.6 is 11.3 Å². The van der Waals surface area contributed by atoms with E-state index >= 15 is 0 Å². The number of nitro groups is 1. The molecule has 0 amide bonds. The highest BCUT2D eigenvalue weighted by Crippen LogP contribution is 2.25. The minimum absolute atomic E-state index is 0.0123. The molecule has 18 heavy (non-hydrogen) atoms. The molecule has 0 aliphatic heterocycles. The summed E-state index contributed by atoms with van der Waals surface area (Å²) in [5, 5.41) is 15.4. The number of hydrogen-bond donors (Lipinski definition) is 1. The maximum atomic E-state index is 11.4. The zero-order valence-electron chi connectivity index (χ0n) is 9.62. The molecule has 0 unspecified atom stereocenters. The molecule has 0 radical (unpaired) electrons. The maximum Gasteiger partial charge on any atom is 0.307 e. The summed E-state index contributed by atoms with van der Waals surface area (Å²) in [5.41, 5.74) is 1.20. The van der Waals surface area contributed by atoms with Crippen LogP contribution in [0.1, 0.15) is 5.56 Å². The van der Waals surface area contributed by atoms with E-state index in [2.05, 4.69) is 5.32 Å². The van der Waals surface area contributed by atoms with Crippen LogP contribution in [-0.4, -0.2) is 16.5 Å². The minimum Gasteiger partial charge on any atom is -0.383 e. The molecule has 1 aromatic carbocycles. The fourth-order valence-corrected chi connectivity index (χ4v) is 2.23. The molecule has 0 fully saturated rings. The van der Waals surface area contributed by atoms with Crippen LogP contribution < -0.4 is 10.2 Å². The normalized spacial score (nSPS) is 10.3. The van der Waals surface area contributed by atoms with Crippen LogP contribution in [0.5, 0.6) is 0 Å². The molecule has 6 nitrogen and oxygen atoms in total. The van der Waals surface area contributed by atoms with Crippen molar-refractivity contribution in [1.82, 2.24) is 4.57 Å². The molecule has 7 heteroatoms. The smallest absolute Gasteiger partial charge is 0.307 e. The molecule has 1 heterocycles. The van der Waals surface area contributed by atoms with Crippen LogP contribution in [0.2, 0.25) is 0 Å². The third-order valence-corrected chi connectivity index (χ3v) is 3.22. The quantitative estimate of drug-likeness (QED) is 0.676. The number of rotatable bonds is 4. The highest BCUT2D eigenvalue weighted by Gasteiger charge is 2.13. The predicted octanol–water partition coefficient (Wildman–Crippen LogP) is 1.91. The zero-order chi connectivity index (χ0) is 13.1. The van der Waals surface area contributed by atoms with Crippen LogP contribution in [0.15, 0.2) is 34.6 Å². The number of benzene rings is 1. The second-order valence-corrected chi connectivity index (χ2v) is 4.51. The highest BCUT2D eigenvalue weighted by atomic mass is 32.1. The van der Waals surface area contributed by atoms with Gasteiger partial charge in [-0.3, -0.25) is 14.9 Å². The molecule has 0 aliphatic rings. The third-order valence-electron chi connectivity index (χ3n) is 2.53. The van der Waals surface area contributed by atoms with Gasteiger partial charge in [0.15, 0.2) is 0 Å². The molecule has 0 saturated carbocycles. The van der Waals surface area contributed by atoms with Gasteiger partial charge in [0.2, 0.25) is 0 Å². The number of nitro benzene ring substituents is 1. The van der Waals surface area contributed by atoms with E-state index in [1.54, 1.807) is 30.8 Å². The van der Waals surface area contributed by atoms with Gasteiger partial charge >= 0.3 is 4.87 Å². The molecule has 0 bridgehead atoms. The first-order valence-corrected chi connectivity index (χ1v) is 6.09. The van der Waals surface area contributed by atoms with Gasteiger partial charge < -0.3 is 9.88 Å². The molecule has 0 atom stereocenters. The van der Waals surface area contributed by atoms with Crippen LogP contribution in [0.4, 0.5) is 11.4 Å². The van der Waals surface area contributed by atoms with Crippen molar-refractivity contribution >= 4 is 22.7 Å². The van der Waals surface area contributed by atoms with E-state index in [-0.39, 0.29) is 10.6 Å². The molecule has 0 spiro atoms. The summed E-state index contributed by atoms with van der Waals surface area (Å²) in [5.74, 6) is 0. The monoisotopic (exact) mass is 265 g/mol. The van der Waals surface area contributed by atoms with Gasteiger partial charge in [-0.15, -0.1) is 0 Å². The van der Waals surface area contributed by atoms with Crippen LogP contribution in [-0.2, 0) is 6.54 Å². The summed E-state index contributed by atoms with van der Waals surface area (Å²) in [6.07, 6.45) is 1.67. The van der Waals surface area contributed by atoms with Gasteiger partial charge in [0.1, 0.15) is 5.69 Å². The summed E-state index contributed by atoms with van der Waals surface area (Å²) in [4.78, 5) is 21.8. The second kappa shape index (κ2) is 5.01. The molecule has 1 aromatic heterocycles. The lowest BCUT2D eigenvalue weighted by Crippen LogP contribution is -2.12. The average molecular weight is 265 g/mol. The first-order chi connectivity index (χ1) is 8.61. The number of anilines is 1. The Morgan fingerprint density at radius 2 is 2.28 bits per heavy atom. The lowest BCUT2D eigenvalue weighted by atomic mass is 10.1. The van der Waals surface area contributed by atoms with Gasteiger partial charge in [0.05, 0.1) is 11.5 Å². The van der Waals surface area contributed by atoms with Crippen molar-refractivity contribution in [2.24, 2.45) is 0 Å². The highest BCUT2D eigenvalue weighted by molar-refractivity contribution is 7.07. The van der Waals surface area contributed by atoms with E-state index in [1.807, 2.05) is 0 Å². The molecule has 2 rings (SSSR count). The third kappa shape index (κ3) is 2.40. The number of nitrogens with zero attached hydrogens (tertiary/aromatic N) is 2. The topological polar surface area (TPSA) is 77.2 Å². The average Bonchev–Trinajstić information content (AvgIpc) is 2.75. The van der Waals surface area contributed by atoms with E-state index in [0.29, 0.717) is 12.2 Å².